The summed E-state index contributed by atoms with van der Waals surface area (Å²) in [5.74, 6) is -0.840. The number of hydrogen-bond donors (Lipinski definition) is 1. The van der Waals surface area contributed by atoms with Gasteiger partial charge in [0, 0.05) is 17.1 Å². The van der Waals surface area contributed by atoms with Gasteiger partial charge in [-0.15, -0.1) is 0 Å². The van der Waals surface area contributed by atoms with Crippen LogP contribution in [-0.2, 0) is 14.3 Å². The van der Waals surface area contributed by atoms with E-state index in [0.717, 1.165) is 18.4 Å². The molecule has 1 aromatic rings. The molecule has 0 fully saturated rings. The number of nitrogens with one attached hydrogen (secondary N) is 1. The molecule has 1 aromatic carbocycles. The Balaban J connectivity index is 2.33. The van der Waals surface area contributed by atoms with Crippen LogP contribution in [0.25, 0.3) is 6.08 Å². The molecule has 0 unspecified atom stereocenters. The van der Waals surface area contributed by atoms with E-state index in [4.69, 9.17) is 16.3 Å². The first-order chi connectivity index (χ1) is 10.0. The van der Waals surface area contributed by atoms with Crippen LogP contribution in [0, 0.1) is 0 Å². The first-order valence-corrected chi connectivity index (χ1v) is 7.28. The fraction of sp³-hybridized carbons (Fsp3) is 0.375. The van der Waals surface area contributed by atoms with Gasteiger partial charge >= 0.3 is 5.97 Å². The Morgan fingerprint density at radius 1 is 1.33 bits per heavy atom. The molecule has 114 valence electrons. The smallest absolute Gasteiger partial charge is 0.331 e. The van der Waals surface area contributed by atoms with Gasteiger partial charge in [0.2, 0.25) is 0 Å². The lowest BCUT2D eigenvalue weighted by atomic mass is 10.2. The second-order valence-electron chi connectivity index (χ2n) is 4.75. The van der Waals surface area contributed by atoms with E-state index < -0.39 is 5.97 Å². The summed E-state index contributed by atoms with van der Waals surface area (Å²) in [5.41, 5.74) is 0.831. The summed E-state index contributed by atoms with van der Waals surface area (Å²) in [5, 5.41) is 3.39. The first kappa shape index (κ1) is 17.2. The SMILES string of the molecule is CCC[C@@H](C)NC(=O)COC(=O)/C=C/c1ccc(Cl)cc1. The van der Waals surface area contributed by atoms with Gasteiger partial charge in [-0.2, -0.15) is 0 Å². The zero-order valence-electron chi connectivity index (χ0n) is 12.3. The number of carbonyl (C=O) groups is 2. The maximum Gasteiger partial charge on any atom is 0.331 e. The summed E-state index contributed by atoms with van der Waals surface area (Å²) < 4.78 is 4.86. The van der Waals surface area contributed by atoms with E-state index in [2.05, 4.69) is 5.32 Å². The Morgan fingerprint density at radius 2 is 2.00 bits per heavy atom. The second kappa shape index (κ2) is 9.19. The maximum absolute atomic E-state index is 11.5. The van der Waals surface area contributed by atoms with Crippen molar-refractivity contribution in [1.82, 2.24) is 5.32 Å². The molecule has 1 amide bonds. The molecular formula is C16H20ClNO3. The number of ether oxygens (including phenoxy) is 1. The lowest BCUT2D eigenvalue weighted by Gasteiger charge is -2.12. The van der Waals surface area contributed by atoms with Crippen LogP contribution in [0.2, 0.25) is 5.02 Å². The fourth-order valence-electron chi connectivity index (χ4n) is 1.74. The van der Waals surface area contributed by atoms with Crippen molar-refractivity contribution < 1.29 is 14.3 Å². The number of esters is 1. The van der Waals surface area contributed by atoms with Crippen LogP contribution in [0.3, 0.4) is 0 Å². The molecule has 0 saturated carbocycles. The molecule has 1 N–H and O–H groups in total. The predicted octanol–water partition coefficient (Wildman–Crippen LogP) is 3.20. The molecule has 4 nitrogen and oxygen atoms in total. The standard InChI is InChI=1S/C16H20ClNO3/c1-3-4-12(2)18-15(19)11-21-16(20)10-7-13-5-8-14(17)9-6-13/h5-10,12H,3-4,11H2,1-2H3,(H,18,19)/b10-7+/t12-/m1/s1. The van der Waals surface area contributed by atoms with Crippen LogP contribution in [-0.4, -0.2) is 24.5 Å². The van der Waals surface area contributed by atoms with Gasteiger partial charge in [0.25, 0.3) is 5.91 Å². The second-order valence-corrected chi connectivity index (χ2v) is 5.19. The highest BCUT2D eigenvalue weighted by atomic mass is 35.5. The Morgan fingerprint density at radius 3 is 2.62 bits per heavy atom. The van der Waals surface area contributed by atoms with Gasteiger partial charge < -0.3 is 10.1 Å². The van der Waals surface area contributed by atoms with E-state index in [1.165, 1.54) is 6.08 Å². The zero-order chi connectivity index (χ0) is 15.7. The van der Waals surface area contributed by atoms with E-state index in [9.17, 15) is 9.59 Å². The summed E-state index contributed by atoms with van der Waals surface area (Å²) >= 11 is 5.76. The number of amides is 1. The molecule has 0 aliphatic carbocycles. The van der Waals surface area contributed by atoms with E-state index in [0.29, 0.717) is 5.02 Å². The third-order valence-corrected chi connectivity index (χ3v) is 3.01. The third kappa shape index (κ3) is 7.51. The average Bonchev–Trinajstić information content (AvgIpc) is 2.44. The van der Waals surface area contributed by atoms with Crippen LogP contribution in [0.5, 0.6) is 0 Å². The topological polar surface area (TPSA) is 55.4 Å². The first-order valence-electron chi connectivity index (χ1n) is 6.91. The van der Waals surface area contributed by atoms with E-state index in [-0.39, 0.29) is 18.6 Å². The van der Waals surface area contributed by atoms with Gasteiger partial charge in [-0.05, 0) is 37.1 Å². The largest absolute Gasteiger partial charge is 0.452 e. The van der Waals surface area contributed by atoms with Crippen LogP contribution in [0.4, 0.5) is 0 Å². The maximum atomic E-state index is 11.5. The van der Waals surface area contributed by atoms with E-state index >= 15 is 0 Å². The number of carbonyl (C=O) groups excluding carboxylic acids is 2. The summed E-state index contributed by atoms with van der Waals surface area (Å²) in [6.45, 7) is 3.70. The minimum Gasteiger partial charge on any atom is -0.452 e. The Labute approximate surface area is 130 Å². The molecule has 0 aliphatic heterocycles. The Hall–Kier alpha value is -1.81. The van der Waals surface area contributed by atoms with Gasteiger partial charge in [-0.1, -0.05) is 37.1 Å². The van der Waals surface area contributed by atoms with E-state index in [1.807, 2.05) is 13.8 Å². The number of hydrogen-bond acceptors (Lipinski definition) is 3. The molecule has 5 heteroatoms. The van der Waals surface area contributed by atoms with Crippen molar-refractivity contribution in [2.24, 2.45) is 0 Å². The number of halogens is 1. The van der Waals surface area contributed by atoms with Crippen molar-refractivity contribution in [3.8, 4) is 0 Å². The molecule has 21 heavy (non-hydrogen) atoms. The van der Waals surface area contributed by atoms with Crippen molar-refractivity contribution in [2.75, 3.05) is 6.61 Å². The van der Waals surface area contributed by atoms with Crippen LogP contribution >= 0.6 is 11.6 Å². The Kier molecular flexibility index (Phi) is 7.54. The van der Waals surface area contributed by atoms with Crippen molar-refractivity contribution >= 4 is 29.6 Å². The lowest BCUT2D eigenvalue weighted by Crippen LogP contribution is -2.35. The molecule has 0 aromatic heterocycles. The minimum absolute atomic E-state index is 0.0887. The minimum atomic E-state index is -0.553. The highest BCUT2D eigenvalue weighted by Gasteiger charge is 2.08. The van der Waals surface area contributed by atoms with Gasteiger partial charge in [0.15, 0.2) is 6.61 Å². The van der Waals surface area contributed by atoms with Crippen molar-refractivity contribution in [1.29, 1.82) is 0 Å². The third-order valence-electron chi connectivity index (χ3n) is 2.76. The van der Waals surface area contributed by atoms with Crippen LogP contribution in [0.1, 0.15) is 32.3 Å². The quantitative estimate of drug-likeness (QED) is 0.621. The molecule has 0 saturated heterocycles. The summed E-state index contributed by atoms with van der Waals surface area (Å²) in [7, 11) is 0. The molecule has 0 spiro atoms. The molecule has 0 radical (unpaired) electrons. The molecule has 1 rings (SSSR count). The lowest BCUT2D eigenvalue weighted by molar-refractivity contribution is -0.144. The van der Waals surface area contributed by atoms with Gasteiger partial charge in [-0.3, -0.25) is 4.79 Å². The highest BCUT2D eigenvalue weighted by Crippen LogP contribution is 2.10. The van der Waals surface area contributed by atoms with Crippen molar-refractivity contribution in [3.63, 3.8) is 0 Å². The number of rotatable bonds is 7. The van der Waals surface area contributed by atoms with Crippen LogP contribution < -0.4 is 5.32 Å². The van der Waals surface area contributed by atoms with Gasteiger partial charge in [0.05, 0.1) is 0 Å². The van der Waals surface area contributed by atoms with Gasteiger partial charge in [-0.25, -0.2) is 4.79 Å². The number of benzene rings is 1. The van der Waals surface area contributed by atoms with E-state index in [1.54, 1.807) is 30.3 Å². The molecule has 0 aliphatic rings. The molecule has 0 bridgehead atoms. The zero-order valence-corrected chi connectivity index (χ0v) is 13.0. The fourth-order valence-corrected chi connectivity index (χ4v) is 1.87. The van der Waals surface area contributed by atoms with Crippen molar-refractivity contribution in [3.05, 3.63) is 40.9 Å². The summed E-state index contributed by atoms with van der Waals surface area (Å²) in [6, 6.07) is 7.12. The summed E-state index contributed by atoms with van der Waals surface area (Å²) in [6.07, 6.45) is 4.78. The molecular weight excluding hydrogens is 290 g/mol. The average molecular weight is 310 g/mol. The highest BCUT2D eigenvalue weighted by molar-refractivity contribution is 6.30. The van der Waals surface area contributed by atoms with Crippen molar-refractivity contribution in [2.45, 2.75) is 32.7 Å². The van der Waals surface area contributed by atoms with Crippen LogP contribution in [0.15, 0.2) is 30.3 Å². The molecule has 1 atom stereocenters. The Bertz CT molecular complexity index is 497. The predicted molar refractivity (Wildman–Crippen MR) is 84.0 cm³/mol. The normalized spacial score (nSPS) is 12.1. The monoisotopic (exact) mass is 309 g/mol. The summed E-state index contributed by atoms with van der Waals surface area (Å²) in [4.78, 5) is 23.0. The molecule has 0 heterocycles. The van der Waals surface area contributed by atoms with Gasteiger partial charge in [0.1, 0.15) is 0 Å².